The van der Waals surface area contributed by atoms with Gasteiger partial charge in [0.2, 0.25) is 0 Å². The molecule has 0 fully saturated rings. The van der Waals surface area contributed by atoms with E-state index in [9.17, 15) is 14.9 Å². The number of rotatable bonds is 3. The first-order chi connectivity index (χ1) is 8.99. The quantitative estimate of drug-likeness (QED) is 0.488. The summed E-state index contributed by atoms with van der Waals surface area (Å²) in [6, 6.07) is 5.77. The van der Waals surface area contributed by atoms with E-state index in [1.54, 1.807) is 19.3 Å². The summed E-state index contributed by atoms with van der Waals surface area (Å²) in [5, 5.41) is 17.4. The molecule has 0 radical (unpaired) electrons. The Bertz CT molecular complexity index is 650. The Balaban J connectivity index is 2.34. The Morgan fingerprint density at radius 2 is 2.21 bits per heavy atom. The summed E-state index contributed by atoms with van der Waals surface area (Å²) in [5.74, 6) is -0.318. The molecule has 0 unspecified atom stereocenters. The van der Waals surface area contributed by atoms with Crippen molar-refractivity contribution >= 4 is 23.1 Å². The first-order valence-electron chi connectivity index (χ1n) is 5.33. The minimum absolute atomic E-state index is 0.0568. The van der Waals surface area contributed by atoms with Crippen LogP contribution in [0.15, 0.2) is 30.5 Å². The van der Waals surface area contributed by atoms with Crippen molar-refractivity contribution in [2.24, 2.45) is 7.05 Å². The van der Waals surface area contributed by atoms with Crippen LogP contribution in [0.1, 0.15) is 10.4 Å². The number of carbonyl (C=O) groups is 1. The fourth-order valence-corrected chi connectivity index (χ4v) is 1.61. The van der Waals surface area contributed by atoms with Gasteiger partial charge in [-0.15, -0.1) is 0 Å². The highest BCUT2D eigenvalue weighted by atomic mass is 16.6. The summed E-state index contributed by atoms with van der Waals surface area (Å²) in [5.41, 5.74) is 4.95. The van der Waals surface area contributed by atoms with Gasteiger partial charge in [0.1, 0.15) is 11.3 Å². The fraction of sp³-hybridized carbons (Fsp3) is 0.0909. The van der Waals surface area contributed by atoms with Gasteiger partial charge in [-0.05, 0) is 12.1 Å². The van der Waals surface area contributed by atoms with Gasteiger partial charge in [-0.1, -0.05) is 6.07 Å². The van der Waals surface area contributed by atoms with Crippen molar-refractivity contribution in [3.8, 4) is 0 Å². The van der Waals surface area contributed by atoms with E-state index in [0.29, 0.717) is 5.82 Å². The highest BCUT2D eigenvalue weighted by Gasteiger charge is 2.23. The number of aromatic nitrogens is 2. The van der Waals surface area contributed by atoms with Crippen LogP contribution in [-0.2, 0) is 7.05 Å². The number of hydrogen-bond acceptors (Lipinski definition) is 5. The molecule has 0 saturated carbocycles. The first-order valence-corrected chi connectivity index (χ1v) is 5.33. The molecular formula is C11H11N5O3. The molecule has 8 nitrogen and oxygen atoms in total. The lowest BCUT2D eigenvalue weighted by molar-refractivity contribution is -0.384. The van der Waals surface area contributed by atoms with E-state index >= 15 is 0 Å². The van der Waals surface area contributed by atoms with Crippen molar-refractivity contribution in [3.63, 3.8) is 0 Å². The molecular weight excluding hydrogens is 250 g/mol. The Kier molecular flexibility index (Phi) is 3.15. The van der Waals surface area contributed by atoms with Crippen molar-refractivity contribution in [3.05, 3.63) is 46.1 Å². The van der Waals surface area contributed by atoms with Crippen molar-refractivity contribution in [2.45, 2.75) is 0 Å². The monoisotopic (exact) mass is 261 g/mol. The lowest BCUT2D eigenvalue weighted by atomic mass is 10.1. The van der Waals surface area contributed by atoms with Crippen LogP contribution in [-0.4, -0.2) is 20.6 Å². The highest BCUT2D eigenvalue weighted by Crippen LogP contribution is 2.26. The molecule has 1 aromatic carbocycles. The Morgan fingerprint density at radius 1 is 1.47 bits per heavy atom. The molecule has 98 valence electrons. The van der Waals surface area contributed by atoms with E-state index < -0.39 is 16.5 Å². The maximum absolute atomic E-state index is 12.0. The third-order valence-electron chi connectivity index (χ3n) is 2.45. The van der Waals surface area contributed by atoms with E-state index in [4.69, 9.17) is 5.73 Å². The van der Waals surface area contributed by atoms with Gasteiger partial charge in [-0.2, -0.15) is 5.10 Å². The molecule has 0 saturated heterocycles. The summed E-state index contributed by atoms with van der Waals surface area (Å²) >= 11 is 0. The van der Waals surface area contributed by atoms with Gasteiger partial charge in [-0.25, -0.2) is 0 Å². The fourth-order valence-electron chi connectivity index (χ4n) is 1.61. The SMILES string of the molecule is Cn1ccc(NC(=O)c2cccc(N)c2[N+](=O)[O-])n1. The highest BCUT2D eigenvalue weighted by molar-refractivity contribution is 6.07. The van der Waals surface area contributed by atoms with Crippen LogP contribution in [0.25, 0.3) is 0 Å². The average Bonchev–Trinajstić information content (AvgIpc) is 2.73. The number of amides is 1. The minimum atomic E-state index is -0.678. The zero-order valence-electron chi connectivity index (χ0n) is 10.0. The number of nitrogens with two attached hydrogens (primary N) is 1. The van der Waals surface area contributed by atoms with E-state index in [1.165, 1.54) is 22.9 Å². The number of carbonyl (C=O) groups excluding carboxylic acids is 1. The molecule has 1 aromatic heterocycles. The number of nitro benzene ring substituents is 1. The summed E-state index contributed by atoms with van der Waals surface area (Å²) < 4.78 is 1.50. The van der Waals surface area contributed by atoms with Gasteiger partial charge in [0.05, 0.1) is 4.92 Å². The molecule has 0 aliphatic rings. The molecule has 0 aliphatic heterocycles. The average molecular weight is 261 g/mol. The number of anilines is 2. The van der Waals surface area contributed by atoms with Gasteiger partial charge >= 0.3 is 5.69 Å². The maximum Gasteiger partial charge on any atom is 0.304 e. The van der Waals surface area contributed by atoms with Crippen molar-refractivity contribution in [2.75, 3.05) is 11.1 Å². The standard InChI is InChI=1S/C11H11N5O3/c1-15-6-5-9(14-15)13-11(17)7-3-2-4-8(12)10(7)16(18)19/h2-6H,12H2,1H3,(H,13,14,17). The molecule has 0 bridgehead atoms. The van der Waals surface area contributed by atoms with Crippen LogP contribution in [0.4, 0.5) is 17.2 Å². The Labute approximate surface area is 108 Å². The lowest BCUT2D eigenvalue weighted by Gasteiger charge is -2.04. The minimum Gasteiger partial charge on any atom is -0.393 e. The summed E-state index contributed by atoms with van der Waals surface area (Å²) in [6.45, 7) is 0. The zero-order valence-corrected chi connectivity index (χ0v) is 10.0. The number of nitrogens with one attached hydrogen (secondary N) is 1. The Hall–Kier alpha value is -2.90. The number of benzene rings is 1. The summed E-state index contributed by atoms with van der Waals surface area (Å²) in [6.07, 6.45) is 1.64. The van der Waals surface area contributed by atoms with Gasteiger partial charge < -0.3 is 11.1 Å². The van der Waals surface area contributed by atoms with Crippen LogP contribution >= 0.6 is 0 Å². The van der Waals surface area contributed by atoms with Crippen LogP contribution < -0.4 is 11.1 Å². The second kappa shape index (κ2) is 4.77. The Morgan fingerprint density at radius 3 is 2.79 bits per heavy atom. The van der Waals surface area contributed by atoms with E-state index in [0.717, 1.165) is 0 Å². The van der Waals surface area contributed by atoms with Gasteiger partial charge in [0, 0.05) is 19.3 Å². The van der Waals surface area contributed by atoms with Gasteiger partial charge in [0.25, 0.3) is 5.91 Å². The van der Waals surface area contributed by atoms with E-state index in [2.05, 4.69) is 10.4 Å². The molecule has 0 atom stereocenters. The summed E-state index contributed by atoms with van der Waals surface area (Å²) in [4.78, 5) is 22.2. The number of para-hydroxylation sites is 1. The van der Waals surface area contributed by atoms with E-state index in [-0.39, 0.29) is 11.3 Å². The third kappa shape index (κ3) is 2.51. The zero-order chi connectivity index (χ0) is 14.0. The third-order valence-corrected chi connectivity index (χ3v) is 2.45. The van der Waals surface area contributed by atoms with Crippen molar-refractivity contribution in [1.82, 2.24) is 9.78 Å². The number of hydrogen-bond donors (Lipinski definition) is 2. The van der Waals surface area contributed by atoms with Crippen LogP contribution in [0.5, 0.6) is 0 Å². The predicted molar refractivity (Wildman–Crippen MR) is 68.7 cm³/mol. The van der Waals surface area contributed by atoms with Crippen LogP contribution in [0.2, 0.25) is 0 Å². The molecule has 0 aliphatic carbocycles. The number of nitrogen functional groups attached to an aromatic ring is 1. The largest absolute Gasteiger partial charge is 0.393 e. The molecule has 1 heterocycles. The topological polar surface area (TPSA) is 116 Å². The molecule has 8 heteroatoms. The molecule has 2 rings (SSSR count). The lowest BCUT2D eigenvalue weighted by Crippen LogP contribution is -2.15. The molecule has 19 heavy (non-hydrogen) atoms. The summed E-state index contributed by atoms with van der Waals surface area (Å²) in [7, 11) is 1.69. The normalized spacial score (nSPS) is 10.2. The van der Waals surface area contributed by atoms with Gasteiger partial charge in [-0.3, -0.25) is 19.6 Å². The first kappa shape index (κ1) is 12.6. The molecule has 3 N–H and O–H groups in total. The van der Waals surface area contributed by atoms with Gasteiger partial charge in [0.15, 0.2) is 5.82 Å². The molecule has 1 amide bonds. The molecule has 0 spiro atoms. The van der Waals surface area contributed by atoms with Crippen molar-refractivity contribution in [1.29, 1.82) is 0 Å². The van der Waals surface area contributed by atoms with Crippen LogP contribution in [0.3, 0.4) is 0 Å². The second-order valence-electron chi connectivity index (χ2n) is 3.83. The van der Waals surface area contributed by atoms with E-state index in [1.807, 2.05) is 0 Å². The maximum atomic E-state index is 12.0. The predicted octanol–water partition coefficient (Wildman–Crippen LogP) is 1.16. The van der Waals surface area contributed by atoms with Crippen molar-refractivity contribution < 1.29 is 9.72 Å². The van der Waals surface area contributed by atoms with Crippen LogP contribution in [0, 0.1) is 10.1 Å². The number of nitro groups is 1. The smallest absolute Gasteiger partial charge is 0.304 e. The second-order valence-corrected chi connectivity index (χ2v) is 3.83. The number of nitrogens with zero attached hydrogens (tertiary/aromatic N) is 3. The number of aryl methyl sites for hydroxylation is 1. The molecule has 2 aromatic rings.